The van der Waals surface area contributed by atoms with Crippen LogP contribution in [0.4, 0.5) is 10.9 Å². The maximum Gasteiger partial charge on any atom is 0.205 e. The van der Waals surface area contributed by atoms with Crippen molar-refractivity contribution in [2.24, 2.45) is 5.10 Å². The first kappa shape index (κ1) is 13.2. The Hall–Kier alpha value is -2.28. The number of nitrogens with two attached hydrogens (primary N) is 1. The van der Waals surface area contributed by atoms with Gasteiger partial charge in [0.15, 0.2) is 11.5 Å². The van der Waals surface area contributed by atoms with Gasteiger partial charge in [0.05, 0.1) is 12.8 Å². The van der Waals surface area contributed by atoms with E-state index in [0.717, 1.165) is 0 Å². The average Bonchev–Trinajstić information content (AvgIpc) is 2.80. The second-order valence-electron chi connectivity index (χ2n) is 3.57. The first-order valence-electron chi connectivity index (χ1n) is 5.65. The molecule has 0 amide bonds. The lowest BCUT2D eigenvalue weighted by molar-refractivity contribution is 0.318. The monoisotopic (exact) mass is 278 g/mol. The fourth-order valence-corrected chi connectivity index (χ4v) is 1.96. The number of aromatic hydroxyl groups is 1. The van der Waals surface area contributed by atoms with E-state index in [1.54, 1.807) is 23.6 Å². The highest BCUT2D eigenvalue weighted by atomic mass is 32.1. The molecule has 0 bridgehead atoms. The molecular formula is C12H14N4O2S. The van der Waals surface area contributed by atoms with Crippen molar-refractivity contribution in [3.05, 3.63) is 29.1 Å². The van der Waals surface area contributed by atoms with Crippen molar-refractivity contribution in [2.75, 3.05) is 17.8 Å². The number of ether oxygens (including phenoxy) is 1. The zero-order valence-corrected chi connectivity index (χ0v) is 11.1. The van der Waals surface area contributed by atoms with Crippen molar-refractivity contribution < 1.29 is 9.84 Å². The average molecular weight is 278 g/mol. The van der Waals surface area contributed by atoms with Crippen LogP contribution in [0.5, 0.6) is 11.5 Å². The number of benzene rings is 1. The Morgan fingerprint density at radius 3 is 3.11 bits per heavy atom. The molecule has 0 atom stereocenters. The number of nitrogens with one attached hydrogen (secondary N) is 1. The topological polar surface area (TPSA) is 92.8 Å². The lowest BCUT2D eigenvalue weighted by Crippen LogP contribution is -1.95. The number of thiazole rings is 1. The SMILES string of the molecule is CCOc1cccc(C=NNc2nc(N)cs2)c1O. The standard InChI is InChI=1S/C12H14N4O2S/c1-2-18-9-5-3-4-8(11(9)17)6-14-16-12-15-10(13)7-19-12/h3-7,17H,2,13H2,1H3,(H,15,16). The third-order valence-electron chi connectivity index (χ3n) is 2.22. The number of anilines is 2. The van der Waals surface area contributed by atoms with E-state index in [1.807, 2.05) is 6.92 Å². The molecule has 0 unspecified atom stereocenters. The van der Waals surface area contributed by atoms with Crippen molar-refractivity contribution >= 4 is 28.5 Å². The summed E-state index contributed by atoms with van der Waals surface area (Å²) >= 11 is 1.35. The molecule has 1 aromatic carbocycles. The van der Waals surface area contributed by atoms with Gasteiger partial charge in [0, 0.05) is 10.9 Å². The number of hydrogen-bond donors (Lipinski definition) is 3. The molecule has 0 saturated carbocycles. The molecule has 7 heteroatoms. The van der Waals surface area contributed by atoms with Crippen LogP contribution in [-0.2, 0) is 0 Å². The molecule has 0 spiro atoms. The minimum Gasteiger partial charge on any atom is -0.504 e. The van der Waals surface area contributed by atoms with E-state index in [0.29, 0.717) is 28.9 Å². The summed E-state index contributed by atoms with van der Waals surface area (Å²) in [6, 6.07) is 5.22. The van der Waals surface area contributed by atoms with Gasteiger partial charge in [-0.2, -0.15) is 5.10 Å². The zero-order chi connectivity index (χ0) is 13.7. The highest BCUT2D eigenvalue weighted by Crippen LogP contribution is 2.28. The Bertz CT molecular complexity index is 583. The number of rotatable bonds is 5. The Morgan fingerprint density at radius 2 is 2.42 bits per heavy atom. The van der Waals surface area contributed by atoms with Crippen LogP contribution in [0.1, 0.15) is 12.5 Å². The second-order valence-corrected chi connectivity index (χ2v) is 4.43. The van der Waals surface area contributed by atoms with Crippen LogP contribution in [0.2, 0.25) is 0 Å². The summed E-state index contributed by atoms with van der Waals surface area (Å²) in [6.07, 6.45) is 1.50. The van der Waals surface area contributed by atoms with Crippen LogP contribution in [0.25, 0.3) is 0 Å². The fraction of sp³-hybridized carbons (Fsp3) is 0.167. The normalized spacial score (nSPS) is 10.8. The third-order valence-corrected chi connectivity index (χ3v) is 2.98. The van der Waals surface area contributed by atoms with Crippen LogP contribution in [-0.4, -0.2) is 22.9 Å². The van der Waals surface area contributed by atoms with Crippen LogP contribution in [0.15, 0.2) is 28.7 Å². The molecule has 1 heterocycles. The molecule has 4 N–H and O–H groups in total. The van der Waals surface area contributed by atoms with Crippen molar-refractivity contribution in [1.82, 2.24) is 4.98 Å². The van der Waals surface area contributed by atoms with E-state index in [2.05, 4.69) is 15.5 Å². The van der Waals surface area contributed by atoms with E-state index in [1.165, 1.54) is 17.6 Å². The summed E-state index contributed by atoms with van der Waals surface area (Å²) in [4.78, 5) is 4.00. The van der Waals surface area contributed by atoms with Gasteiger partial charge in [0.25, 0.3) is 0 Å². The van der Waals surface area contributed by atoms with Crippen LogP contribution in [0, 0.1) is 0 Å². The molecule has 0 aliphatic rings. The Kier molecular flexibility index (Phi) is 4.19. The lowest BCUT2D eigenvalue weighted by Gasteiger charge is -2.06. The molecule has 0 radical (unpaired) electrons. The van der Waals surface area contributed by atoms with Gasteiger partial charge >= 0.3 is 0 Å². The van der Waals surface area contributed by atoms with Crippen LogP contribution < -0.4 is 15.9 Å². The van der Waals surface area contributed by atoms with Crippen LogP contribution >= 0.6 is 11.3 Å². The zero-order valence-electron chi connectivity index (χ0n) is 10.3. The quantitative estimate of drug-likeness (QED) is 0.576. The minimum absolute atomic E-state index is 0.0635. The fourth-order valence-electron chi connectivity index (χ4n) is 1.41. The number of aromatic nitrogens is 1. The molecule has 0 fully saturated rings. The van der Waals surface area contributed by atoms with Gasteiger partial charge in [0.2, 0.25) is 5.13 Å². The molecule has 6 nitrogen and oxygen atoms in total. The number of phenolic OH excluding ortho intramolecular Hbond substituents is 1. The smallest absolute Gasteiger partial charge is 0.205 e. The predicted molar refractivity (Wildman–Crippen MR) is 77.0 cm³/mol. The minimum atomic E-state index is 0.0635. The number of para-hydroxylation sites is 1. The highest BCUT2D eigenvalue weighted by Gasteiger charge is 2.05. The summed E-state index contributed by atoms with van der Waals surface area (Å²) in [7, 11) is 0. The Balaban J connectivity index is 2.08. The first-order valence-corrected chi connectivity index (χ1v) is 6.53. The Labute approximate surface area is 114 Å². The van der Waals surface area contributed by atoms with E-state index < -0.39 is 0 Å². The Morgan fingerprint density at radius 1 is 1.58 bits per heavy atom. The van der Waals surface area contributed by atoms with Gasteiger partial charge in [-0.25, -0.2) is 4.98 Å². The lowest BCUT2D eigenvalue weighted by atomic mass is 10.2. The maximum absolute atomic E-state index is 9.94. The summed E-state index contributed by atoms with van der Waals surface area (Å²) in [6.45, 7) is 2.35. The van der Waals surface area contributed by atoms with E-state index in [4.69, 9.17) is 10.5 Å². The van der Waals surface area contributed by atoms with Crippen molar-refractivity contribution in [2.45, 2.75) is 6.92 Å². The molecule has 2 aromatic rings. The van der Waals surface area contributed by atoms with E-state index in [9.17, 15) is 5.11 Å². The summed E-state index contributed by atoms with van der Waals surface area (Å²) in [5.41, 5.74) is 8.79. The predicted octanol–water partition coefficient (Wildman–Crippen LogP) is 2.28. The third kappa shape index (κ3) is 3.35. The number of hydrazone groups is 1. The molecule has 100 valence electrons. The number of phenols is 1. The largest absolute Gasteiger partial charge is 0.504 e. The molecule has 2 rings (SSSR count). The van der Waals surface area contributed by atoms with Gasteiger partial charge in [-0.1, -0.05) is 6.07 Å². The summed E-state index contributed by atoms with van der Waals surface area (Å²) in [5.74, 6) is 0.947. The van der Waals surface area contributed by atoms with Gasteiger partial charge < -0.3 is 15.6 Å². The van der Waals surface area contributed by atoms with Gasteiger partial charge in [-0.05, 0) is 19.1 Å². The number of nitrogen functional groups attached to an aromatic ring is 1. The summed E-state index contributed by atoms with van der Waals surface area (Å²) < 4.78 is 5.29. The van der Waals surface area contributed by atoms with Crippen molar-refractivity contribution in [1.29, 1.82) is 0 Å². The van der Waals surface area contributed by atoms with Crippen molar-refractivity contribution in [3.63, 3.8) is 0 Å². The van der Waals surface area contributed by atoms with Gasteiger partial charge in [-0.15, -0.1) is 11.3 Å². The number of nitrogens with zero attached hydrogens (tertiary/aromatic N) is 2. The second kappa shape index (κ2) is 6.05. The first-order chi connectivity index (χ1) is 9.20. The molecular weight excluding hydrogens is 264 g/mol. The number of hydrogen-bond acceptors (Lipinski definition) is 7. The van der Waals surface area contributed by atoms with E-state index in [-0.39, 0.29) is 5.75 Å². The van der Waals surface area contributed by atoms with Crippen molar-refractivity contribution in [3.8, 4) is 11.5 Å². The van der Waals surface area contributed by atoms with E-state index >= 15 is 0 Å². The van der Waals surface area contributed by atoms with Gasteiger partial charge in [0.1, 0.15) is 5.82 Å². The molecule has 0 aliphatic carbocycles. The summed E-state index contributed by atoms with van der Waals surface area (Å²) in [5, 5.41) is 16.2. The van der Waals surface area contributed by atoms with Gasteiger partial charge in [-0.3, -0.25) is 5.43 Å². The highest BCUT2D eigenvalue weighted by molar-refractivity contribution is 7.14. The molecule has 19 heavy (non-hydrogen) atoms. The van der Waals surface area contributed by atoms with Crippen LogP contribution in [0.3, 0.4) is 0 Å². The molecule has 0 aliphatic heterocycles. The maximum atomic E-state index is 9.94. The molecule has 1 aromatic heterocycles. The molecule has 0 saturated heterocycles.